The molecule has 26 heavy (non-hydrogen) atoms. The van der Waals surface area contributed by atoms with Crippen LogP contribution in [-0.4, -0.2) is 40.8 Å². The highest BCUT2D eigenvalue weighted by atomic mass is 35.5. The molecule has 0 unspecified atom stereocenters. The van der Waals surface area contributed by atoms with Gasteiger partial charge in [0.2, 0.25) is 10.0 Å². The minimum atomic E-state index is -3.54. The monoisotopic (exact) mass is 396 g/mol. The van der Waals surface area contributed by atoms with E-state index >= 15 is 0 Å². The number of hydrogen-bond acceptors (Lipinski definition) is 4. The number of halogens is 1. The highest BCUT2D eigenvalue weighted by Gasteiger charge is 2.19. The quantitative estimate of drug-likeness (QED) is 0.780. The summed E-state index contributed by atoms with van der Waals surface area (Å²) in [6.45, 7) is 2.14. The number of anilines is 1. The zero-order valence-electron chi connectivity index (χ0n) is 14.8. The zero-order valence-corrected chi connectivity index (χ0v) is 16.4. The molecule has 2 aromatic rings. The molecule has 0 spiro atoms. The van der Waals surface area contributed by atoms with Gasteiger partial charge in [-0.1, -0.05) is 29.3 Å². The molecule has 0 atom stereocenters. The normalized spacial score (nSPS) is 11.1. The molecule has 0 aliphatic heterocycles. The summed E-state index contributed by atoms with van der Waals surface area (Å²) >= 11 is 6.09. The molecule has 2 aromatic carbocycles. The van der Waals surface area contributed by atoms with E-state index in [0.717, 1.165) is 11.8 Å². The lowest BCUT2D eigenvalue weighted by Gasteiger charge is -2.23. The van der Waals surface area contributed by atoms with E-state index in [9.17, 15) is 13.2 Å². The van der Waals surface area contributed by atoms with E-state index in [4.69, 9.17) is 16.3 Å². The Bertz CT molecular complexity index is 900. The first-order valence-electron chi connectivity index (χ1n) is 7.88. The van der Waals surface area contributed by atoms with Gasteiger partial charge in [0.05, 0.1) is 30.6 Å². The molecule has 6 nitrogen and oxygen atoms in total. The van der Waals surface area contributed by atoms with Crippen molar-refractivity contribution >= 4 is 33.2 Å². The Morgan fingerprint density at radius 1 is 1.23 bits per heavy atom. The second-order valence-electron chi connectivity index (χ2n) is 5.78. The summed E-state index contributed by atoms with van der Waals surface area (Å²) in [6, 6.07) is 11.9. The second kappa shape index (κ2) is 8.42. The fourth-order valence-corrected chi connectivity index (χ4v) is 3.63. The van der Waals surface area contributed by atoms with Crippen molar-refractivity contribution in [3.8, 4) is 5.75 Å². The maximum Gasteiger partial charge on any atom is 0.251 e. The number of nitrogens with one attached hydrogen (secondary N) is 1. The Hall–Kier alpha value is -2.25. The maximum atomic E-state index is 12.2. The van der Waals surface area contributed by atoms with Crippen molar-refractivity contribution in [3.63, 3.8) is 0 Å². The summed E-state index contributed by atoms with van der Waals surface area (Å²) in [4.78, 5) is 12.2. The van der Waals surface area contributed by atoms with E-state index in [-0.39, 0.29) is 19.0 Å². The predicted octanol–water partition coefficient (Wildman–Crippen LogP) is 2.85. The molecule has 0 saturated heterocycles. The average molecular weight is 397 g/mol. The lowest BCUT2D eigenvalue weighted by atomic mass is 10.1. The molecule has 1 amide bonds. The zero-order chi connectivity index (χ0) is 19.3. The predicted molar refractivity (Wildman–Crippen MR) is 104 cm³/mol. The van der Waals surface area contributed by atoms with Gasteiger partial charge in [0, 0.05) is 12.1 Å². The van der Waals surface area contributed by atoms with E-state index in [1.807, 2.05) is 13.0 Å². The topological polar surface area (TPSA) is 75.7 Å². The van der Waals surface area contributed by atoms with Crippen molar-refractivity contribution < 1.29 is 17.9 Å². The molecule has 0 heterocycles. The van der Waals surface area contributed by atoms with Crippen LogP contribution in [-0.2, 0) is 10.0 Å². The van der Waals surface area contributed by atoms with Gasteiger partial charge in [0.15, 0.2) is 0 Å². The fourth-order valence-electron chi connectivity index (χ4n) is 2.46. The Morgan fingerprint density at radius 3 is 2.54 bits per heavy atom. The van der Waals surface area contributed by atoms with Gasteiger partial charge in [-0.05, 0) is 37.3 Å². The smallest absolute Gasteiger partial charge is 0.251 e. The molecule has 140 valence electrons. The standard InChI is InChI=1S/C18H21ClN2O4S/c1-13-5-4-6-14(11-13)18(22)20-9-10-21(26(3,23)24)15-7-8-17(25-2)16(19)12-15/h4-8,11-12H,9-10H2,1-3H3,(H,20,22). The van der Waals surface area contributed by atoms with Crippen molar-refractivity contribution in [2.45, 2.75) is 6.92 Å². The second-order valence-corrected chi connectivity index (χ2v) is 8.09. The Kier molecular flexibility index (Phi) is 6.50. The number of benzene rings is 2. The van der Waals surface area contributed by atoms with Crippen LogP contribution in [0.1, 0.15) is 15.9 Å². The number of methoxy groups -OCH3 is 1. The SMILES string of the molecule is COc1ccc(N(CCNC(=O)c2cccc(C)c2)S(C)(=O)=O)cc1Cl. The minimum Gasteiger partial charge on any atom is -0.495 e. The number of carbonyl (C=O) groups is 1. The molecule has 0 aromatic heterocycles. The van der Waals surface area contributed by atoms with Gasteiger partial charge in [-0.3, -0.25) is 9.10 Å². The fraction of sp³-hybridized carbons (Fsp3) is 0.278. The lowest BCUT2D eigenvalue weighted by Crippen LogP contribution is -2.38. The number of amides is 1. The summed E-state index contributed by atoms with van der Waals surface area (Å²) < 4.78 is 30.5. The average Bonchev–Trinajstić information content (AvgIpc) is 2.57. The van der Waals surface area contributed by atoms with Crippen molar-refractivity contribution in [1.29, 1.82) is 0 Å². The van der Waals surface area contributed by atoms with Gasteiger partial charge in [-0.15, -0.1) is 0 Å². The van der Waals surface area contributed by atoms with E-state index in [0.29, 0.717) is 22.0 Å². The first-order chi connectivity index (χ1) is 12.2. The van der Waals surface area contributed by atoms with Crippen LogP contribution in [0.2, 0.25) is 5.02 Å². The molecule has 0 bridgehead atoms. The highest BCUT2D eigenvalue weighted by molar-refractivity contribution is 7.92. The Morgan fingerprint density at radius 2 is 1.96 bits per heavy atom. The minimum absolute atomic E-state index is 0.0824. The number of sulfonamides is 1. The number of hydrogen-bond donors (Lipinski definition) is 1. The molecule has 0 aliphatic carbocycles. The van der Waals surface area contributed by atoms with Crippen molar-refractivity contribution in [2.24, 2.45) is 0 Å². The van der Waals surface area contributed by atoms with Crippen LogP contribution in [0.3, 0.4) is 0 Å². The summed E-state index contributed by atoms with van der Waals surface area (Å²) in [7, 11) is -2.06. The number of ether oxygens (including phenoxy) is 1. The van der Waals surface area contributed by atoms with Gasteiger partial charge in [0.25, 0.3) is 5.91 Å². The highest BCUT2D eigenvalue weighted by Crippen LogP contribution is 2.29. The van der Waals surface area contributed by atoms with E-state index in [1.165, 1.54) is 17.5 Å². The van der Waals surface area contributed by atoms with Gasteiger partial charge < -0.3 is 10.1 Å². The molecule has 0 aliphatic rings. The molecule has 0 radical (unpaired) electrons. The van der Waals surface area contributed by atoms with Gasteiger partial charge in [-0.25, -0.2) is 8.42 Å². The molecule has 0 saturated carbocycles. The molecular weight excluding hydrogens is 376 g/mol. The van der Waals surface area contributed by atoms with Crippen LogP contribution in [0.25, 0.3) is 0 Å². The summed E-state index contributed by atoms with van der Waals surface area (Å²) in [5.41, 5.74) is 1.91. The third kappa shape index (κ3) is 5.12. The molecule has 8 heteroatoms. The number of nitrogens with zero attached hydrogens (tertiary/aromatic N) is 1. The summed E-state index contributed by atoms with van der Waals surface area (Å²) in [5.74, 6) is 0.200. The Balaban J connectivity index is 2.10. The first-order valence-corrected chi connectivity index (χ1v) is 10.1. The third-order valence-corrected chi connectivity index (χ3v) is 5.19. The summed E-state index contributed by atoms with van der Waals surface area (Å²) in [6.07, 6.45) is 1.10. The molecule has 2 rings (SSSR count). The van der Waals surface area contributed by atoms with Crippen LogP contribution in [0.5, 0.6) is 5.75 Å². The largest absolute Gasteiger partial charge is 0.495 e. The Labute approximate surface area is 158 Å². The van der Waals surface area contributed by atoms with E-state index < -0.39 is 10.0 Å². The molecule has 1 N–H and O–H groups in total. The molecule has 0 fully saturated rings. The third-order valence-electron chi connectivity index (χ3n) is 3.70. The van der Waals surface area contributed by atoms with Gasteiger partial charge in [-0.2, -0.15) is 0 Å². The van der Waals surface area contributed by atoms with Crippen LogP contribution < -0.4 is 14.4 Å². The van der Waals surface area contributed by atoms with Crippen molar-refractivity contribution in [2.75, 3.05) is 30.8 Å². The molecular formula is C18H21ClN2O4S. The van der Waals surface area contributed by atoms with E-state index in [1.54, 1.807) is 30.3 Å². The summed E-state index contributed by atoms with van der Waals surface area (Å²) in [5, 5.41) is 3.04. The number of carbonyl (C=O) groups excluding carboxylic acids is 1. The van der Waals surface area contributed by atoms with Crippen LogP contribution in [0.15, 0.2) is 42.5 Å². The van der Waals surface area contributed by atoms with Crippen LogP contribution in [0, 0.1) is 6.92 Å². The number of rotatable bonds is 7. The van der Waals surface area contributed by atoms with Crippen molar-refractivity contribution in [1.82, 2.24) is 5.32 Å². The van der Waals surface area contributed by atoms with Gasteiger partial charge in [0.1, 0.15) is 5.75 Å². The maximum absolute atomic E-state index is 12.2. The lowest BCUT2D eigenvalue weighted by molar-refractivity contribution is 0.0954. The van der Waals surface area contributed by atoms with E-state index in [2.05, 4.69) is 5.32 Å². The number of aryl methyl sites for hydroxylation is 1. The van der Waals surface area contributed by atoms with Crippen LogP contribution in [0.4, 0.5) is 5.69 Å². The van der Waals surface area contributed by atoms with Crippen molar-refractivity contribution in [3.05, 3.63) is 58.6 Å². The first kappa shape index (κ1) is 20.1. The van der Waals surface area contributed by atoms with Gasteiger partial charge >= 0.3 is 0 Å². The van der Waals surface area contributed by atoms with Crippen LogP contribution >= 0.6 is 11.6 Å².